The molecule has 0 radical (unpaired) electrons. The maximum Gasteiger partial charge on any atom is 0.415 e. The molecule has 1 aromatic carbocycles. The van der Waals surface area contributed by atoms with Gasteiger partial charge in [-0.25, -0.2) is 9.59 Å². The summed E-state index contributed by atoms with van der Waals surface area (Å²) in [6.45, 7) is 0.156. The van der Waals surface area contributed by atoms with Gasteiger partial charge in [0.2, 0.25) is 0 Å². The minimum Gasteiger partial charge on any atom is -0.461 e. The number of halogens is 1. The molecule has 2 rings (SSSR count). The highest BCUT2D eigenvalue weighted by atomic mass is 35.5. The summed E-state index contributed by atoms with van der Waals surface area (Å²) in [5.74, 6) is -0.668. The first-order chi connectivity index (χ1) is 10.1. The van der Waals surface area contributed by atoms with Crippen LogP contribution in [-0.2, 0) is 31.5 Å². The molecule has 1 aliphatic heterocycles. The zero-order valence-corrected chi connectivity index (χ0v) is 11.9. The summed E-state index contributed by atoms with van der Waals surface area (Å²) in [6.07, 6.45) is -0.591. The Morgan fingerprint density at radius 2 is 1.90 bits per heavy atom. The molecule has 1 fully saturated rings. The lowest BCUT2D eigenvalue weighted by Gasteiger charge is -2.07. The summed E-state index contributed by atoms with van der Waals surface area (Å²) in [7, 11) is 0. The first kappa shape index (κ1) is 15.3. The van der Waals surface area contributed by atoms with Crippen molar-refractivity contribution in [3.8, 4) is 0 Å². The molecule has 21 heavy (non-hydrogen) atoms. The number of hydrogen-bond acceptors (Lipinski definition) is 5. The first-order valence-corrected chi connectivity index (χ1v) is 6.93. The van der Waals surface area contributed by atoms with Gasteiger partial charge in [-0.1, -0.05) is 24.3 Å². The summed E-state index contributed by atoms with van der Waals surface area (Å²) in [5.41, 5.74) is 1.84. The van der Waals surface area contributed by atoms with E-state index >= 15 is 0 Å². The number of rotatable bonds is 6. The van der Waals surface area contributed by atoms with Crippen LogP contribution in [0.25, 0.3) is 0 Å². The Labute approximate surface area is 126 Å². The monoisotopic (exact) mass is 311 g/mol. The van der Waals surface area contributed by atoms with E-state index in [0.29, 0.717) is 5.88 Å². The number of amides is 1. The number of carbonyl (C=O) groups excluding carboxylic acids is 3. The van der Waals surface area contributed by atoms with Gasteiger partial charge >= 0.3 is 18.0 Å². The maximum absolute atomic E-state index is 11.6. The lowest BCUT2D eigenvalue weighted by molar-refractivity contribution is -0.145. The number of alkyl carbamates (subject to hydrolysis) is 1. The quantitative estimate of drug-likeness (QED) is 0.493. The van der Waals surface area contributed by atoms with Crippen LogP contribution >= 0.6 is 11.6 Å². The SMILES string of the molecule is O=C(CC[C@@H]1NC(=O)OC1=O)OCc1ccc(CCl)cc1. The molecule has 1 heterocycles. The molecule has 7 heteroatoms. The van der Waals surface area contributed by atoms with Crippen molar-refractivity contribution in [1.29, 1.82) is 0 Å². The fourth-order valence-electron chi connectivity index (χ4n) is 1.81. The van der Waals surface area contributed by atoms with Crippen molar-refractivity contribution in [2.75, 3.05) is 0 Å². The van der Waals surface area contributed by atoms with E-state index < -0.39 is 24.1 Å². The molecular formula is C14H14ClNO5. The highest BCUT2D eigenvalue weighted by Crippen LogP contribution is 2.10. The lowest BCUT2D eigenvalue weighted by atomic mass is 10.1. The maximum atomic E-state index is 11.6. The highest BCUT2D eigenvalue weighted by molar-refractivity contribution is 6.17. The van der Waals surface area contributed by atoms with E-state index in [1.54, 1.807) is 0 Å². The summed E-state index contributed by atoms with van der Waals surface area (Å²) in [5, 5.41) is 2.31. The highest BCUT2D eigenvalue weighted by Gasteiger charge is 2.32. The second-order valence-corrected chi connectivity index (χ2v) is 4.82. The molecule has 1 aliphatic rings. The zero-order valence-electron chi connectivity index (χ0n) is 11.1. The first-order valence-electron chi connectivity index (χ1n) is 6.40. The summed E-state index contributed by atoms with van der Waals surface area (Å²) in [6, 6.07) is 6.62. The Morgan fingerprint density at radius 1 is 1.24 bits per heavy atom. The third-order valence-corrected chi connectivity index (χ3v) is 3.29. The molecule has 0 aliphatic carbocycles. The van der Waals surface area contributed by atoms with Crippen LogP contribution in [0.3, 0.4) is 0 Å². The van der Waals surface area contributed by atoms with Gasteiger partial charge in [0, 0.05) is 12.3 Å². The number of cyclic esters (lactones) is 2. The second kappa shape index (κ2) is 7.08. The van der Waals surface area contributed by atoms with E-state index in [9.17, 15) is 14.4 Å². The van der Waals surface area contributed by atoms with Crippen LogP contribution in [0.2, 0.25) is 0 Å². The minimum atomic E-state index is -0.780. The van der Waals surface area contributed by atoms with Crippen molar-refractivity contribution in [3.05, 3.63) is 35.4 Å². The molecule has 112 valence electrons. The second-order valence-electron chi connectivity index (χ2n) is 4.55. The van der Waals surface area contributed by atoms with Crippen LogP contribution in [-0.4, -0.2) is 24.1 Å². The van der Waals surface area contributed by atoms with Crippen LogP contribution in [0.5, 0.6) is 0 Å². The zero-order chi connectivity index (χ0) is 15.2. The molecule has 1 saturated heterocycles. The average molecular weight is 312 g/mol. The van der Waals surface area contributed by atoms with Crippen molar-refractivity contribution in [2.45, 2.75) is 31.4 Å². The van der Waals surface area contributed by atoms with Gasteiger partial charge in [-0.3, -0.25) is 4.79 Å². The number of benzene rings is 1. The average Bonchev–Trinajstić information content (AvgIpc) is 2.81. The molecule has 0 spiro atoms. The lowest BCUT2D eigenvalue weighted by Crippen LogP contribution is -2.29. The van der Waals surface area contributed by atoms with Crippen LogP contribution in [0.4, 0.5) is 4.79 Å². The van der Waals surface area contributed by atoms with Gasteiger partial charge in [0.05, 0.1) is 0 Å². The number of carbonyl (C=O) groups is 3. The van der Waals surface area contributed by atoms with Gasteiger partial charge in [0.25, 0.3) is 0 Å². The molecule has 0 aromatic heterocycles. The Morgan fingerprint density at radius 3 is 2.48 bits per heavy atom. The van der Waals surface area contributed by atoms with E-state index in [2.05, 4.69) is 10.1 Å². The third kappa shape index (κ3) is 4.46. The van der Waals surface area contributed by atoms with Crippen molar-refractivity contribution < 1.29 is 23.9 Å². The van der Waals surface area contributed by atoms with Gasteiger partial charge in [-0.05, 0) is 17.5 Å². The van der Waals surface area contributed by atoms with E-state index in [1.807, 2.05) is 24.3 Å². The molecule has 1 atom stereocenters. The molecule has 1 amide bonds. The van der Waals surface area contributed by atoms with Gasteiger partial charge in [-0.2, -0.15) is 0 Å². The van der Waals surface area contributed by atoms with E-state index in [-0.39, 0.29) is 19.4 Å². The minimum absolute atomic E-state index is 0.0276. The van der Waals surface area contributed by atoms with Crippen LogP contribution in [0.1, 0.15) is 24.0 Å². The van der Waals surface area contributed by atoms with Crippen molar-refractivity contribution in [1.82, 2.24) is 5.32 Å². The van der Waals surface area contributed by atoms with E-state index in [1.165, 1.54) is 0 Å². The fourth-order valence-corrected chi connectivity index (χ4v) is 1.98. The standard InChI is InChI=1S/C14H14ClNO5/c15-7-9-1-3-10(4-2-9)8-20-12(17)6-5-11-13(18)21-14(19)16-11/h1-4,11H,5-8H2,(H,16,19)/t11-/m0/s1. The number of alkyl halides is 1. The van der Waals surface area contributed by atoms with E-state index in [0.717, 1.165) is 11.1 Å². The van der Waals surface area contributed by atoms with Gasteiger partial charge < -0.3 is 14.8 Å². The molecule has 6 nitrogen and oxygen atoms in total. The molecule has 0 unspecified atom stereocenters. The van der Waals surface area contributed by atoms with Crippen molar-refractivity contribution in [3.63, 3.8) is 0 Å². The predicted molar refractivity (Wildman–Crippen MR) is 73.4 cm³/mol. The third-order valence-electron chi connectivity index (χ3n) is 2.98. The fraction of sp³-hybridized carbons (Fsp3) is 0.357. The predicted octanol–water partition coefficient (Wildman–Crippen LogP) is 1.88. The van der Waals surface area contributed by atoms with E-state index in [4.69, 9.17) is 16.3 Å². The van der Waals surface area contributed by atoms with Gasteiger partial charge in [0.1, 0.15) is 12.6 Å². The molecule has 0 bridgehead atoms. The summed E-state index contributed by atoms with van der Waals surface area (Å²) in [4.78, 5) is 33.5. The number of hydrogen-bond donors (Lipinski definition) is 1. The van der Waals surface area contributed by atoms with Crippen LogP contribution in [0, 0.1) is 0 Å². The Bertz CT molecular complexity index is 543. The topological polar surface area (TPSA) is 81.7 Å². The van der Waals surface area contributed by atoms with Gasteiger partial charge in [-0.15, -0.1) is 11.6 Å². The summed E-state index contributed by atoms with van der Waals surface area (Å²) < 4.78 is 9.39. The van der Waals surface area contributed by atoms with Crippen LogP contribution < -0.4 is 5.32 Å². The molecule has 0 saturated carbocycles. The number of nitrogens with one attached hydrogen (secondary N) is 1. The Hall–Kier alpha value is -2.08. The molecule has 1 N–H and O–H groups in total. The van der Waals surface area contributed by atoms with Crippen molar-refractivity contribution >= 4 is 29.6 Å². The Kier molecular flexibility index (Phi) is 5.16. The normalized spacial score (nSPS) is 17.3. The molecular weight excluding hydrogens is 298 g/mol. The summed E-state index contributed by atoms with van der Waals surface area (Å²) >= 11 is 5.68. The molecule has 1 aromatic rings. The van der Waals surface area contributed by atoms with Crippen LogP contribution in [0.15, 0.2) is 24.3 Å². The van der Waals surface area contributed by atoms with Gasteiger partial charge in [0.15, 0.2) is 0 Å². The Balaban J connectivity index is 1.72. The number of esters is 2. The van der Waals surface area contributed by atoms with Crippen molar-refractivity contribution in [2.24, 2.45) is 0 Å². The number of ether oxygens (including phenoxy) is 2. The largest absolute Gasteiger partial charge is 0.461 e. The smallest absolute Gasteiger partial charge is 0.415 e.